The molecule has 1 aromatic carbocycles. The van der Waals surface area contributed by atoms with E-state index >= 15 is 0 Å². The minimum atomic E-state index is -1.45. The van der Waals surface area contributed by atoms with Gasteiger partial charge in [0, 0.05) is 11.5 Å². The van der Waals surface area contributed by atoms with Crippen LogP contribution >= 0.6 is 0 Å². The third kappa shape index (κ3) is 2.90. The molecule has 0 aliphatic heterocycles. The van der Waals surface area contributed by atoms with Crippen LogP contribution in [0, 0.1) is 0 Å². The normalized spacial score (nSPS) is 12.9. The lowest BCUT2D eigenvalue weighted by molar-refractivity contribution is 0.561. The van der Waals surface area contributed by atoms with Gasteiger partial charge in [-0.05, 0) is 12.1 Å². The van der Waals surface area contributed by atoms with E-state index in [0.29, 0.717) is 0 Å². The summed E-state index contributed by atoms with van der Waals surface area (Å²) in [7, 11) is -2.85. The summed E-state index contributed by atoms with van der Waals surface area (Å²) in [6.45, 7) is 14.2. The maximum Gasteiger partial charge on any atom is 0.336 e. The number of benzene rings is 1. The summed E-state index contributed by atoms with van der Waals surface area (Å²) in [5.41, 5.74) is 0.460. The van der Waals surface area contributed by atoms with Crippen LogP contribution < -0.4 is 16.0 Å². The topological polar surface area (TPSA) is 30.2 Å². The van der Waals surface area contributed by atoms with Gasteiger partial charge in [-0.2, -0.15) is 0 Å². The Balaban J connectivity index is 2.86. The smallest absolute Gasteiger partial charge is 0.336 e. The first kappa shape index (κ1) is 14.3. The van der Waals surface area contributed by atoms with Gasteiger partial charge in [0.15, 0.2) is 0 Å². The van der Waals surface area contributed by atoms with Crippen LogP contribution in [-0.4, -0.2) is 16.1 Å². The first-order valence-corrected chi connectivity index (χ1v) is 13.7. The highest BCUT2D eigenvalue weighted by molar-refractivity contribution is 6.98. The lowest BCUT2D eigenvalue weighted by Crippen LogP contribution is -2.56. The van der Waals surface area contributed by atoms with Crippen molar-refractivity contribution in [2.45, 2.75) is 39.3 Å². The molecule has 2 nitrogen and oxygen atoms in total. The van der Waals surface area contributed by atoms with Gasteiger partial charge in [-0.15, -0.1) is 0 Å². The van der Waals surface area contributed by atoms with E-state index < -0.39 is 16.1 Å². The molecule has 19 heavy (non-hydrogen) atoms. The molecule has 0 saturated heterocycles. The SMILES string of the molecule is C[Si](C)(C)c1cc2ccc(=O)oc2cc1[Si](C)(C)C. The van der Waals surface area contributed by atoms with Crippen LogP contribution in [0.2, 0.25) is 39.3 Å². The van der Waals surface area contributed by atoms with Crippen molar-refractivity contribution in [1.82, 2.24) is 0 Å². The van der Waals surface area contributed by atoms with Crippen LogP contribution in [0.1, 0.15) is 0 Å². The molecular weight excluding hydrogens is 268 g/mol. The van der Waals surface area contributed by atoms with E-state index in [9.17, 15) is 4.79 Å². The van der Waals surface area contributed by atoms with E-state index in [0.717, 1.165) is 11.0 Å². The first-order valence-electron chi connectivity index (χ1n) is 6.68. The Hall–Kier alpha value is -1.14. The van der Waals surface area contributed by atoms with Crippen molar-refractivity contribution in [3.05, 3.63) is 34.7 Å². The zero-order valence-corrected chi connectivity index (χ0v) is 14.6. The summed E-state index contributed by atoms with van der Waals surface area (Å²) in [5, 5.41) is 3.99. The van der Waals surface area contributed by atoms with Gasteiger partial charge in [0.05, 0.1) is 16.1 Å². The molecule has 0 bridgehead atoms. The van der Waals surface area contributed by atoms with E-state index in [4.69, 9.17) is 4.42 Å². The van der Waals surface area contributed by atoms with Gasteiger partial charge < -0.3 is 4.42 Å². The van der Waals surface area contributed by atoms with Gasteiger partial charge in [0.2, 0.25) is 0 Å². The highest BCUT2D eigenvalue weighted by Crippen LogP contribution is 2.14. The van der Waals surface area contributed by atoms with Crippen molar-refractivity contribution >= 4 is 37.5 Å². The lowest BCUT2D eigenvalue weighted by Gasteiger charge is -2.28. The minimum Gasteiger partial charge on any atom is -0.423 e. The van der Waals surface area contributed by atoms with Crippen LogP contribution in [0.3, 0.4) is 0 Å². The van der Waals surface area contributed by atoms with Crippen LogP contribution in [0.4, 0.5) is 0 Å². The Morgan fingerprint density at radius 3 is 1.89 bits per heavy atom. The highest BCUT2D eigenvalue weighted by atomic mass is 28.3. The number of hydrogen-bond acceptors (Lipinski definition) is 2. The molecule has 0 aliphatic rings. The average molecular weight is 291 g/mol. The second kappa shape index (κ2) is 4.46. The summed E-state index contributed by atoms with van der Waals surface area (Å²) in [6, 6.07) is 7.75. The molecular formula is C15H22O2Si2. The third-order valence-electron chi connectivity index (χ3n) is 3.38. The molecule has 2 rings (SSSR count). The molecule has 0 aliphatic carbocycles. The lowest BCUT2D eigenvalue weighted by atomic mass is 10.2. The Kier molecular flexibility index (Phi) is 3.35. The summed E-state index contributed by atoms with van der Waals surface area (Å²) in [5.74, 6) is 0. The van der Waals surface area contributed by atoms with E-state index in [-0.39, 0.29) is 5.63 Å². The molecule has 0 unspecified atom stereocenters. The summed E-state index contributed by atoms with van der Waals surface area (Å²) < 4.78 is 5.35. The second-order valence-electron chi connectivity index (χ2n) is 7.19. The third-order valence-corrected chi connectivity index (χ3v) is 7.68. The molecule has 1 aromatic heterocycles. The Bertz CT molecular complexity index is 673. The molecule has 1 heterocycles. The number of fused-ring (bicyclic) bond motifs is 1. The van der Waals surface area contributed by atoms with Crippen LogP contribution in [0.5, 0.6) is 0 Å². The van der Waals surface area contributed by atoms with Crippen LogP contribution in [0.25, 0.3) is 11.0 Å². The molecule has 102 valence electrons. The van der Waals surface area contributed by atoms with E-state index in [1.165, 1.54) is 16.4 Å². The standard InChI is InChI=1S/C15H22O2Si2/c1-18(2,3)13-9-11-7-8-15(16)17-12(11)10-14(13)19(4,5)6/h7-10H,1-6H3. The quantitative estimate of drug-likeness (QED) is 0.629. The fourth-order valence-corrected chi connectivity index (χ4v) is 7.52. The molecule has 4 heteroatoms. The van der Waals surface area contributed by atoms with E-state index in [1.807, 2.05) is 6.07 Å². The minimum absolute atomic E-state index is 0.269. The van der Waals surface area contributed by atoms with Crippen molar-refractivity contribution in [3.63, 3.8) is 0 Å². The van der Waals surface area contributed by atoms with Gasteiger partial charge in [-0.1, -0.05) is 55.7 Å². The maximum absolute atomic E-state index is 11.4. The van der Waals surface area contributed by atoms with Gasteiger partial charge >= 0.3 is 5.63 Å². The predicted molar refractivity (Wildman–Crippen MR) is 88.4 cm³/mol. The van der Waals surface area contributed by atoms with E-state index in [1.54, 1.807) is 0 Å². The Labute approximate surface area is 116 Å². The number of rotatable bonds is 2. The fraction of sp³-hybridized carbons (Fsp3) is 0.400. The molecule has 0 amide bonds. The molecule has 2 aromatic rings. The van der Waals surface area contributed by atoms with Crippen molar-refractivity contribution in [3.8, 4) is 0 Å². The molecule has 0 atom stereocenters. The highest BCUT2D eigenvalue weighted by Gasteiger charge is 2.28. The van der Waals surface area contributed by atoms with Gasteiger partial charge in [0.1, 0.15) is 5.58 Å². The molecule has 0 saturated carbocycles. The van der Waals surface area contributed by atoms with Crippen molar-refractivity contribution in [1.29, 1.82) is 0 Å². The maximum atomic E-state index is 11.4. The first-order chi connectivity index (χ1) is 8.59. The molecule has 0 spiro atoms. The van der Waals surface area contributed by atoms with Crippen molar-refractivity contribution in [2.75, 3.05) is 0 Å². The Morgan fingerprint density at radius 2 is 1.37 bits per heavy atom. The largest absolute Gasteiger partial charge is 0.423 e. The summed E-state index contributed by atoms with van der Waals surface area (Å²) >= 11 is 0. The Morgan fingerprint density at radius 1 is 0.842 bits per heavy atom. The van der Waals surface area contributed by atoms with Crippen LogP contribution in [0.15, 0.2) is 33.5 Å². The van der Waals surface area contributed by atoms with Crippen molar-refractivity contribution in [2.24, 2.45) is 0 Å². The summed E-state index contributed by atoms with van der Waals surface area (Å²) in [4.78, 5) is 11.4. The molecule has 0 fully saturated rings. The fourth-order valence-electron chi connectivity index (χ4n) is 2.36. The predicted octanol–water partition coefficient (Wildman–Crippen LogP) is 2.88. The molecule has 0 radical (unpaired) electrons. The zero-order chi connectivity index (χ0) is 14.4. The zero-order valence-electron chi connectivity index (χ0n) is 12.6. The van der Waals surface area contributed by atoms with Gasteiger partial charge in [-0.3, -0.25) is 0 Å². The number of hydrogen-bond donors (Lipinski definition) is 0. The van der Waals surface area contributed by atoms with Gasteiger partial charge in [0.25, 0.3) is 0 Å². The molecule has 0 N–H and O–H groups in total. The monoisotopic (exact) mass is 290 g/mol. The summed E-state index contributed by atoms with van der Waals surface area (Å²) in [6.07, 6.45) is 0. The second-order valence-corrected chi connectivity index (χ2v) is 17.3. The van der Waals surface area contributed by atoms with Crippen LogP contribution in [-0.2, 0) is 0 Å². The average Bonchev–Trinajstić information content (AvgIpc) is 2.24. The van der Waals surface area contributed by atoms with Gasteiger partial charge in [-0.25, -0.2) is 4.79 Å². The van der Waals surface area contributed by atoms with E-state index in [2.05, 4.69) is 51.4 Å². The van der Waals surface area contributed by atoms with Crippen molar-refractivity contribution < 1.29 is 4.42 Å².